The Morgan fingerprint density at radius 2 is 2.11 bits per heavy atom. The SMILES string of the molecule is CCn1nc(C)cc1C(=O)Nc1cc(N)ccc1C. The van der Waals surface area contributed by atoms with Crippen LogP contribution in [-0.4, -0.2) is 15.7 Å². The van der Waals surface area contributed by atoms with Crippen molar-refractivity contribution in [3.8, 4) is 0 Å². The van der Waals surface area contributed by atoms with Crippen LogP contribution in [0.1, 0.15) is 28.7 Å². The molecule has 3 N–H and O–H groups in total. The number of nitrogens with zero attached hydrogens (tertiary/aromatic N) is 2. The van der Waals surface area contributed by atoms with Crippen LogP contribution >= 0.6 is 0 Å². The van der Waals surface area contributed by atoms with Gasteiger partial charge in [0.1, 0.15) is 5.69 Å². The van der Waals surface area contributed by atoms with E-state index in [1.54, 1.807) is 16.8 Å². The summed E-state index contributed by atoms with van der Waals surface area (Å²) in [6.45, 7) is 6.41. The Bertz CT molecular complexity index is 616. The number of nitrogens with one attached hydrogen (secondary N) is 1. The Kier molecular flexibility index (Phi) is 3.55. The highest BCUT2D eigenvalue weighted by atomic mass is 16.2. The average Bonchev–Trinajstić information content (AvgIpc) is 2.75. The molecule has 0 atom stereocenters. The Morgan fingerprint density at radius 1 is 1.37 bits per heavy atom. The zero-order chi connectivity index (χ0) is 14.0. The van der Waals surface area contributed by atoms with E-state index in [9.17, 15) is 4.79 Å². The van der Waals surface area contributed by atoms with Crippen LogP contribution in [0, 0.1) is 13.8 Å². The Morgan fingerprint density at radius 3 is 2.79 bits per heavy atom. The molecule has 2 rings (SSSR count). The highest BCUT2D eigenvalue weighted by molar-refractivity contribution is 6.03. The number of rotatable bonds is 3. The second kappa shape index (κ2) is 5.14. The molecular formula is C14H18N4O. The number of benzene rings is 1. The van der Waals surface area contributed by atoms with Crippen LogP contribution < -0.4 is 11.1 Å². The molecule has 1 aromatic heterocycles. The molecule has 5 heteroatoms. The lowest BCUT2D eigenvalue weighted by atomic mass is 10.2. The van der Waals surface area contributed by atoms with Gasteiger partial charge in [0.05, 0.1) is 5.69 Å². The summed E-state index contributed by atoms with van der Waals surface area (Å²) in [6.07, 6.45) is 0. The van der Waals surface area contributed by atoms with Crippen LogP contribution in [0.2, 0.25) is 0 Å². The molecule has 0 fully saturated rings. The normalized spacial score (nSPS) is 10.5. The van der Waals surface area contributed by atoms with Gasteiger partial charge in [0.15, 0.2) is 0 Å². The second-order valence-electron chi connectivity index (χ2n) is 4.52. The number of carbonyl (C=O) groups excluding carboxylic acids is 1. The predicted molar refractivity (Wildman–Crippen MR) is 76.2 cm³/mol. The van der Waals surface area contributed by atoms with Crippen molar-refractivity contribution < 1.29 is 4.79 Å². The van der Waals surface area contributed by atoms with Gasteiger partial charge < -0.3 is 11.1 Å². The maximum atomic E-state index is 12.3. The fourth-order valence-corrected chi connectivity index (χ4v) is 1.93. The van der Waals surface area contributed by atoms with Crippen LogP contribution in [0.5, 0.6) is 0 Å². The zero-order valence-electron chi connectivity index (χ0n) is 11.4. The zero-order valence-corrected chi connectivity index (χ0v) is 11.4. The first-order chi connectivity index (χ1) is 9.01. The minimum Gasteiger partial charge on any atom is -0.399 e. The number of nitrogen functional groups attached to an aromatic ring is 1. The number of aromatic nitrogens is 2. The molecular weight excluding hydrogens is 240 g/mol. The largest absolute Gasteiger partial charge is 0.399 e. The van der Waals surface area contributed by atoms with E-state index in [2.05, 4.69) is 10.4 Å². The van der Waals surface area contributed by atoms with E-state index in [1.807, 2.05) is 32.9 Å². The number of hydrogen-bond donors (Lipinski definition) is 2. The van der Waals surface area contributed by atoms with Crippen LogP contribution in [0.4, 0.5) is 11.4 Å². The van der Waals surface area contributed by atoms with E-state index in [0.29, 0.717) is 17.9 Å². The first kappa shape index (κ1) is 13.1. The lowest BCUT2D eigenvalue weighted by Gasteiger charge is -2.10. The molecule has 0 radical (unpaired) electrons. The molecule has 0 spiro atoms. The standard InChI is InChI=1S/C14H18N4O/c1-4-18-13(7-10(3)17-18)14(19)16-12-8-11(15)6-5-9(12)2/h5-8H,4,15H2,1-3H3,(H,16,19). The number of aryl methyl sites for hydroxylation is 3. The van der Waals surface area contributed by atoms with Gasteiger partial charge in [-0.2, -0.15) is 5.10 Å². The summed E-state index contributed by atoms with van der Waals surface area (Å²) in [7, 11) is 0. The summed E-state index contributed by atoms with van der Waals surface area (Å²) in [4.78, 5) is 12.3. The number of hydrogen-bond acceptors (Lipinski definition) is 3. The van der Waals surface area contributed by atoms with E-state index in [1.165, 1.54) is 0 Å². The quantitative estimate of drug-likeness (QED) is 0.830. The third-order valence-electron chi connectivity index (χ3n) is 2.94. The van der Waals surface area contributed by atoms with Gasteiger partial charge in [0, 0.05) is 17.9 Å². The molecule has 0 unspecified atom stereocenters. The van der Waals surface area contributed by atoms with Gasteiger partial charge in [0.2, 0.25) is 0 Å². The molecule has 5 nitrogen and oxygen atoms in total. The van der Waals surface area contributed by atoms with Crippen molar-refractivity contribution in [1.29, 1.82) is 0 Å². The highest BCUT2D eigenvalue weighted by Gasteiger charge is 2.14. The van der Waals surface area contributed by atoms with E-state index in [4.69, 9.17) is 5.73 Å². The third-order valence-corrected chi connectivity index (χ3v) is 2.94. The lowest BCUT2D eigenvalue weighted by molar-refractivity contribution is 0.101. The topological polar surface area (TPSA) is 72.9 Å². The summed E-state index contributed by atoms with van der Waals surface area (Å²) in [5, 5.41) is 7.14. The van der Waals surface area contributed by atoms with E-state index in [0.717, 1.165) is 16.9 Å². The second-order valence-corrected chi connectivity index (χ2v) is 4.52. The monoisotopic (exact) mass is 258 g/mol. The van der Waals surface area contributed by atoms with Crippen molar-refractivity contribution in [3.63, 3.8) is 0 Å². The minimum absolute atomic E-state index is 0.170. The molecule has 0 bridgehead atoms. The van der Waals surface area contributed by atoms with Gasteiger partial charge in [-0.1, -0.05) is 6.07 Å². The van der Waals surface area contributed by atoms with Gasteiger partial charge in [-0.25, -0.2) is 0 Å². The number of carbonyl (C=O) groups is 1. The van der Waals surface area contributed by atoms with Gasteiger partial charge in [-0.15, -0.1) is 0 Å². The smallest absolute Gasteiger partial charge is 0.273 e. The van der Waals surface area contributed by atoms with Crippen LogP contribution in [0.15, 0.2) is 24.3 Å². The van der Waals surface area contributed by atoms with Gasteiger partial charge in [-0.05, 0) is 44.5 Å². The number of anilines is 2. The molecule has 0 saturated carbocycles. The maximum Gasteiger partial charge on any atom is 0.273 e. The first-order valence-corrected chi connectivity index (χ1v) is 6.23. The fourth-order valence-electron chi connectivity index (χ4n) is 1.93. The predicted octanol–water partition coefficient (Wildman–Crippen LogP) is 2.35. The van der Waals surface area contributed by atoms with E-state index in [-0.39, 0.29) is 5.91 Å². The van der Waals surface area contributed by atoms with Crippen molar-refractivity contribution >= 4 is 17.3 Å². The molecule has 1 amide bonds. The van der Waals surface area contributed by atoms with Crippen molar-refractivity contribution in [2.24, 2.45) is 0 Å². The highest BCUT2D eigenvalue weighted by Crippen LogP contribution is 2.19. The summed E-state index contributed by atoms with van der Waals surface area (Å²) < 4.78 is 1.69. The summed E-state index contributed by atoms with van der Waals surface area (Å²) >= 11 is 0. The van der Waals surface area contributed by atoms with Crippen molar-refractivity contribution in [3.05, 3.63) is 41.2 Å². The summed E-state index contributed by atoms with van der Waals surface area (Å²) in [5.74, 6) is -0.170. The molecule has 0 saturated heterocycles. The molecule has 100 valence electrons. The van der Waals surface area contributed by atoms with Crippen molar-refractivity contribution in [1.82, 2.24) is 9.78 Å². The average molecular weight is 258 g/mol. The van der Waals surface area contributed by atoms with Gasteiger partial charge in [-0.3, -0.25) is 9.48 Å². The van der Waals surface area contributed by atoms with E-state index >= 15 is 0 Å². The Balaban J connectivity index is 2.27. The Hall–Kier alpha value is -2.30. The molecule has 2 aromatic rings. The molecule has 0 aliphatic carbocycles. The lowest BCUT2D eigenvalue weighted by Crippen LogP contribution is -2.18. The summed E-state index contributed by atoms with van der Waals surface area (Å²) in [5.41, 5.74) is 9.45. The van der Waals surface area contributed by atoms with E-state index < -0.39 is 0 Å². The van der Waals surface area contributed by atoms with Crippen LogP contribution in [0.3, 0.4) is 0 Å². The number of amides is 1. The third kappa shape index (κ3) is 2.76. The maximum absolute atomic E-state index is 12.3. The molecule has 0 aliphatic heterocycles. The fraction of sp³-hybridized carbons (Fsp3) is 0.286. The van der Waals surface area contributed by atoms with Gasteiger partial charge in [0.25, 0.3) is 5.91 Å². The molecule has 1 aromatic carbocycles. The first-order valence-electron chi connectivity index (χ1n) is 6.23. The van der Waals surface area contributed by atoms with Crippen molar-refractivity contribution in [2.75, 3.05) is 11.1 Å². The molecule has 1 heterocycles. The molecule has 0 aliphatic rings. The summed E-state index contributed by atoms with van der Waals surface area (Å²) in [6, 6.07) is 7.23. The van der Waals surface area contributed by atoms with Crippen LogP contribution in [-0.2, 0) is 6.54 Å². The number of nitrogens with two attached hydrogens (primary N) is 1. The minimum atomic E-state index is -0.170. The Labute approximate surface area is 112 Å². The van der Waals surface area contributed by atoms with Gasteiger partial charge >= 0.3 is 0 Å². The van der Waals surface area contributed by atoms with Crippen molar-refractivity contribution in [2.45, 2.75) is 27.3 Å². The molecule has 19 heavy (non-hydrogen) atoms. The van der Waals surface area contributed by atoms with Crippen LogP contribution in [0.25, 0.3) is 0 Å².